The normalized spacial score (nSPS) is 45.9. The molecule has 4 bridgehead atoms. The summed E-state index contributed by atoms with van der Waals surface area (Å²) in [7, 11) is -3.97. The molecular weight excluding hydrogens is 316 g/mol. The fourth-order valence-corrected chi connectivity index (χ4v) is 6.76. The standard InChI is InChI=1S/C17H26O5S/c18-17(12-1-3-15(4-2-12)23(19,20)21)22-16-13-6-10-5-11(8-13)9-14(16)7-10/h10-16H,1-9H2,(H,19,20,21). The van der Waals surface area contributed by atoms with E-state index in [0.29, 0.717) is 37.5 Å². The van der Waals surface area contributed by atoms with Crippen molar-refractivity contribution in [3.8, 4) is 0 Å². The van der Waals surface area contributed by atoms with Crippen molar-refractivity contribution < 1.29 is 22.5 Å². The van der Waals surface area contributed by atoms with E-state index in [-0.39, 0.29) is 18.0 Å². The van der Waals surface area contributed by atoms with Gasteiger partial charge in [0.15, 0.2) is 0 Å². The van der Waals surface area contributed by atoms with Crippen molar-refractivity contribution in [3.05, 3.63) is 0 Å². The Morgan fingerprint density at radius 1 is 0.870 bits per heavy atom. The third kappa shape index (κ3) is 3.04. The minimum atomic E-state index is -3.97. The smallest absolute Gasteiger partial charge is 0.309 e. The summed E-state index contributed by atoms with van der Waals surface area (Å²) in [6, 6.07) is 0. The number of rotatable bonds is 3. The monoisotopic (exact) mass is 342 g/mol. The fourth-order valence-electron chi connectivity index (χ4n) is 5.89. The molecule has 0 saturated heterocycles. The van der Waals surface area contributed by atoms with Crippen LogP contribution in [0.4, 0.5) is 0 Å². The van der Waals surface area contributed by atoms with Crippen molar-refractivity contribution in [2.45, 2.75) is 69.1 Å². The van der Waals surface area contributed by atoms with Gasteiger partial charge in [-0.05, 0) is 81.5 Å². The van der Waals surface area contributed by atoms with Gasteiger partial charge < -0.3 is 4.74 Å². The molecule has 0 radical (unpaired) electrons. The molecule has 5 aliphatic carbocycles. The van der Waals surface area contributed by atoms with E-state index in [1.807, 2.05) is 0 Å². The zero-order valence-electron chi connectivity index (χ0n) is 13.4. The van der Waals surface area contributed by atoms with Crippen LogP contribution < -0.4 is 0 Å². The number of hydrogen-bond acceptors (Lipinski definition) is 4. The van der Waals surface area contributed by atoms with Gasteiger partial charge in [-0.2, -0.15) is 8.42 Å². The van der Waals surface area contributed by atoms with Gasteiger partial charge in [0, 0.05) is 0 Å². The molecule has 0 amide bonds. The van der Waals surface area contributed by atoms with E-state index >= 15 is 0 Å². The second-order valence-corrected chi connectivity index (χ2v) is 10.0. The Labute approximate surface area is 137 Å². The molecule has 5 fully saturated rings. The molecule has 5 aliphatic rings. The van der Waals surface area contributed by atoms with Crippen molar-refractivity contribution in [1.82, 2.24) is 0 Å². The Balaban J connectivity index is 1.34. The zero-order chi connectivity index (χ0) is 16.2. The molecule has 0 spiro atoms. The predicted octanol–water partition coefficient (Wildman–Crippen LogP) is 2.80. The highest BCUT2D eigenvalue weighted by molar-refractivity contribution is 7.86. The van der Waals surface area contributed by atoms with Crippen LogP contribution in [0, 0.1) is 29.6 Å². The average molecular weight is 342 g/mol. The lowest BCUT2D eigenvalue weighted by molar-refractivity contribution is -0.176. The molecule has 0 unspecified atom stereocenters. The van der Waals surface area contributed by atoms with Crippen LogP contribution in [0.5, 0.6) is 0 Å². The van der Waals surface area contributed by atoms with Gasteiger partial charge in [0.25, 0.3) is 10.1 Å². The third-order valence-electron chi connectivity index (χ3n) is 6.82. The summed E-state index contributed by atoms with van der Waals surface area (Å²) in [5, 5.41) is -0.701. The molecule has 5 nitrogen and oxygen atoms in total. The van der Waals surface area contributed by atoms with E-state index in [0.717, 1.165) is 11.8 Å². The van der Waals surface area contributed by atoms with Gasteiger partial charge in [-0.15, -0.1) is 0 Å². The molecule has 0 heterocycles. The molecule has 0 aromatic heterocycles. The minimum absolute atomic E-state index is 0.106. The predicted molar refractivity (Wildman–Crippen MR) is 84.2 cm³/mol. The minimum Gasteiger partial charge on any atom is -0.462 e. The van der Waals surface area contributed by atoms with Crippen LogP contribution in [0.3, 0.4) is 0 Å². The number of carbonyl (C=O) groups excluding carboxylic acids is 1. The van der Waals surface area contributed by atoms with Crippen LogP contribution in [0.25, 0.3) is 0 Å². The molecule has 130 valence electrons. The van der Waals surface area contributed by atoms with Gasteiger partial charge in [0.2, 0.25) is 0 Å². The lowest BCUT2D eigenvalue weighted by atomic mass is 9.55. The van der Waals surface area contributed by atoms with Crippen molar-refractivity contribution in [3.63, 3.8) is 0 Å². The maximum Gasteiger partial charge on any atom is 0.309 e. The third-order valence-corrected chi connectivity index (χ3v) is 8.14. The molecule has 1 N–H and O–H groups in total. The first-order valence-electron chi connectivity index (χ1n) is 9.07. The lowest BCUT2D eigenvalue weighted by Gasteiger charge is -2.53. The van der Waals surface area contributed by atoms with Crippen LogP contribution >= 0.6 is 0 Å². The van der Waals surface area contributed by atoms with E-state index in [2.05, 4.69) is 0 Å². The van der Waals surface area contributed by atoms with Gasteiger partial charge >= 0.3 is 5.97 Å². The molecule has 0 aliphatic heterocycles. The zero-order valence-corrected chi connectivity index (χ0v) is 14.2. The second kappa shape index (κ2) is 5.73. The van der Waals surface area contributed by atoms with Gasteiger partial charge in [-0.1, -0.05) is 0 Å². The summed E-state index contributed by atoms with van der Waals surface area (Å²) in [5.41, 5.74) is 0. The number of hydrogen-bond donors (Lipinski definition) is 1. The summed E-state index contributed by atoms with van der Waals surface area (Å²) in [5.74, 6) is 2.52. The van der Waals surface area contributed by atoms with E-state index in [1.54, 1.807) is 0 Å². The molecule has 23 heavy (non-hydrogen) atoms. The molecule has 0 atom stereocenters. The van der Waals surface area contributed by atoms with Crippen LogP contribution in [-0.2, 0) is 19.6 Å². The molecule has 0 aromatic carbocycles. The highest BCUT2D eigenvalue weighted by atomic mass is 32.2. The quantitative estimate of drug-likeness (QED) is 0.630. The van der Waals surface area contributed by atoms with Gasteiger partial charge in [-0.25, -0.2) is 0 Å². The topological polar surface area (TPSA) is 80.7 Å². The SMILES string of the molecule is O=C(OC1C2CC3CC(C2)CC1C3)C1CCC(S(=O)(=O)O)CC1. The summed E-state index contributed by atoms with van der Waals surface area (Å²) >= 11 is 0. The van der Waals surface area contributed by atoms with Crippen LogP contribution in [0.15, 0.2) is 0 Å². The number of ether oxygens (including phenoxy) is 1. The van der Waals surface area contributed by atoms with E-state index < -0.39 is 15.4 Å². The molecule has 5 saturated carbocycles. The van der Waals surface area contributed by atoms with E-state index in [1.165, 1.54) is 32.1 Å². The summed E-state index contributed by atoms with van der Waals surface area (Å²) < 4.78 is 37.4. The largest absolute Gasteiger partial charge is 0.462 e. The average Bonchev–Trinajstić information content (AvgIpc) is 2.49. The maximum atomic E-state index is 12.5. The van der Waals surface area contributed by atoms with Gasteiger partial charge in [0.05, 0.1) is 11.2 Å². The first-order valence-corrected chi connectivity index (χ1v) is 10.6. The number of carbonyl (C=O) groups is 1. The maximum absolute atomic E-state index is 12.5. The van der Waals surface area contributed by atoms with Crippen molar-refractivity contribution in [2.24, 2.45) is 29.6 Å². The first kappa shape index (κ1) is 15.9. The summed E-state index contributed by atoms with van der Waals surface area (Å²) in [4.78, 5) is 12.5. The van der Waals surface area contributed by atoms with Crippen LogP contribution in [0.1, 0.15) is 57.8 Å². The van der Waals surface area contributed by atoms with Crippen molar-refractivity contribution in [1.29, 1.82) is 0 Å². The Hall–Kier alpha value is -0.620. The van der Waals surface area contributed by atoms with Gasteiger partial charge in [0.1, 0.15) is 6.10 Å². The van der Waals surface area contributed by atoms with E-state index in [9.17, 15) is 13.2 Å². The van der Waals surface area contributed by atoms with Crippen LogP contribution in [-0.4, -0.2) is 30.3 Å². The Kier molecular flexibility index (Phi) is 3.95. The highest BCUT2D eigenvalue weighted by Gasteiger charge is 2.50. The Morgan fingerprint density at radius 3 is 1.87 bits per heavy atom. The molecule has 0 aromatic rings. The van der Waals surface area contributed by atoms with Crippen LogP contribution in [0.2, 0.25) is 0 Å². The Morgan fingerprint density at radius 2 is 1.39 bits per heavy atom. The van der Waals surface area contributed by atoms with E-state index in [4.69, 9.17) is 9.29 Å². The summed E-state index contributed by atoms with van der Waals surface area (Å²) in [6.07, 6.45) is 8.12. The molecule has 5 rings (SSSR count). The number of esters is 1. The summed E-state index contributed by atoms with van der Waals surface area (Å²) in [6.45, 7) is 0. The molecule has 6 heteroatoms. The lowest BCUT2D eigenvalue weighted by Crippen LogP contribution is -2.50. The second-order valence-electron chi connectivity index (χ2n) is 8.32. The first-order chi connectivity index (χ1) is 10.9. The highest BCUT2D eigenvalue weighted by Crippen LogP contribution is 2.54. The molecular formula is C17H26O5S. The van der Waals surface area contributed by atoms with Gasteiger partial charge in [-0.3, -0.25) is 9.35 Å². The van der Waals surface area contributed by atoms with Crippen molar-refractivity contribution >= 4 is 16.1 Å². The Bertz CT molecular complexity index is 548. The van der Waals surface area contributed by atoms with Crippen molar-refractivity contribution in [2.75, 3.05) is 0 Å². The fraction of sp³-hybridized carbons (Fsp3) is 0.941.